The second-order valence-corrected chi connectivity index (χ2v) is 8.22. The normalized spacial score (nSPS) is 14.9. The molecular formula is C24H22F3N3O4. The van der Waals surface area contributed by atoms with Gasteiger partial charge in [-0.05, 0) is 55.7 Å². The van der Waals surface area contributed by atoms with Crippen molar-refractivity contribution in [3.05, 3.63) is 81.4 Å². The summed E-state index contributed by atoms with van der Waals surface area (Å²) in [6.45, 7) is 2.27. The average molecular weight is 473 g/mol. The first kappa shape index (κ1) is 23.5. The van der Waals surface area contributed by atoms with Crippen molar-refractivity contribution in [2.45, 2.75) is 32.5 Å². The number of fused-ring (bicyclic) bond motifs is 1. The lowest BCUT2D eigenvalue weighted by Gasteiger charge is -2.31. The highest BCUT2D eigenvalue weighted by atomic mass is 19.4. The highest BCUT2D eigenvalue weighted by Crippen LogP contribution is 2.29. The summed E-state index contributed by atoms with van der Waals surface area (Å²) in [5.41, 5.74) is 0.744. The first-order chi connectivity index (χ1) is 16.1. The van der Waals surface area contributed by atoms with Gasteiger partial charge in [-0.2, -0.15) is 13.2 Å². The van der Waals surface area contributed by atoms with E-state index in [1.54, 1.807) is 12.3 Å². The first-order valence-electron chi connectivity index (χ1n) is 10.7. The number of benzene rings is 1. The maximum atomic E-state index is 12.7. The molecule has 1 amide bonds. The van der Waals surface area contributed by atoms with Crippen LogP contribution >= 0.6 is 0 Å². The summed E-state index contributed by atoms with van der Waals surface area (Å²) < 4.78 is 44.9. The van der Waals surface area contributed by atoms with Crippen molar-refractivity contribution in [2.24, 2.45) is 5.92 Å². The van der Waals surface area contributed by atoms with E-state index in [2.05, 4.69) is 4.98 Å². The number of rotatable bonds is 4. The summed E-state index contributed by atoms with van der Waals surface area (Å²) in [7, 11) is 0. The van der Waals surface area contributed by atoms with Crippen molar-refractivity contribution >= 4 is 17.5 Å². The van der Waals surface area contributed by atoms with Gasteiger partial charge in [-0.3, -0.25) is 18.8 Å². The number of nitrogens with zero attached hydrogens (tertiary/aromatic N) is 3. The highest BCUT2D eigenvalue weighted by Gasteiger charge is 2.32. The van der Waals surface area contributed by atoms with E-state index in [1.165, 1.54) is 15.4 Å². The minimum atomic E-state index is -4.46. The number of hydrogen-bond acceptors (Lipinski definition) is 5. The van der Waals surface area contributed by atoms with Gasteiger partial charge < -0.3 is 9.64 Å². The Balaban J connectivity index is 1.32. The summed E-state index contributed by atoms with van der Waals surface area (Å²) in [5, 5.41) is 0. The standard InChI is InChI=1S/C24H22F3N3O4/c1-15-3-2-10-30-20(31)13-19(28-21(15)30)14-34-23(33)17-8-11-29(12-9-17)22(32)16-4-6-18(7-5-16)24(25,26)27/h2-7,10,13,17H,8-9,11-12,14H2,1H3. The van der Waals surface area contributed by atoms with Gasteiger partial charge in [0.1, 0.15) is 12.3 Å². The molecule has 0 aliphatic carbocycles. The summed E-state index contributed by atoms with van der Waals surface area (Å²) in [5.74, 6) is -1.23. The molecule has 0 unspecified atom stereocenters. The van der Waals surface area contributed by atoms with E-state index in [4.69, 9.17) is 4.74 Å². The monoisotopic (exact) mass is 473 g/mol. The fraction of sp³-hybridized carbons (Fsp3) is 0.333. The number of aryl methyl sites for hydroxylation is 1. The SMILES string of the molecule is Cc1cccn2c(=O)cc(COC(=O)C3CCN(C(=O)c4ccc(C(F)(F)F)cc4)CC3)nc12. The molecular weight excluding hydrogens is 451 g/mol. The van der Waals surface area contributed by atoms with Gasteiger partial charge in [0.25, 0.3) is 11.5 Å². The highest BCUT2D eigenvalue weighted by molar-refractivity contribution is 5.94. The van der Waals surface area contributed by atoms with Crippen LogP contribution in [-0.2, 0) is 22.3 Å². The van der Waals surface area contributed by atoms with Crippen molar-refractivity contribution in [1.82, 2.24) is 14.3 Å². The number of esters is 1. The van der Waals surface area contributed by atoms with Crippen LogP contribution in [-0.4, -0.2) is 39.3 Å². The van der Waals surface area contributed by atoms with Crippen LogP contribution in [0.15, 0.2) is 53.5 Å². The third-order valence-electron chi connectivity index (χ3n) is 5.88. The number of aromatic nitrogens is 2. The predicted octanol–water partition coefficient (Wildman–Crippen LogP) is 3.62. The number of piperidine rings is 1. The average Bonchev–Trinajstić information content (AvgIpc) is 2.82. The van der Waals surface area contributed by atoms with Crippen LogP contribution in [0.3, 0.4) is 0 Å². The minimum Gasteiger partial charge on any atom is -0.459 e. The zero-order valence-corrected chi connectivity index (χ0v) is 18.3. The Morgan fingerprint density at radius 3 is 2.44 bits per heavy atom. The summed E-state index contributed by atoms with van der Waals surface area (Å²) in [6.07, 6.45) is -2.10. The third-order valence-corrected chi connectivity index (χ3v) is 5.88. The predicted molar refractivity (Wildman–Crippen MR) is 116 cm³/mol. The molecule has 0 bridgehead atoms. The lowest BCUT2D eigenvalue weighted by atomic mass is 9.96. The van der Waals surface area contributed by atoms with E-state index in [9.17, 15) is 27.6 Å². The summed E-state index contributed by atoms with van der Waals surface area (Å²) in [4.78, 5) is 43.3. The minimum absolute atomic E-state index is 0.135. The summed E-state index contributed by atoms with van der Waals surface area (Å²) >= 11 is 0. The number of carbonyl (C=O) groups excluding carboxylic acids is 2. The van der Waals surface area contributed by atoms with Crippen molar-refractivity contribution in [3.8, 4) is 0 Å². The topological polar surface area (TPSA) is 81.0 Å². The van der Waals surface area contributed by atoms with Gasteiger partial charge in [-0.1, -0.05) is 6.07 Å². The molecule has 0 atom stereocenters. The second kappa shape index (κ2) is 9.28. The van der Waals surface area contributed by atoms with Gasteiger partial charge in [0.2, 0.25) is 0 Å². The third kappa shape index (κ3) is 4.95. The molecule has 3 aromatic rings. The van der Waals surface area contributed by atoms with Crippen molar-refractivity contribution < 1.29 is 27.5 Å². The Morgan fingerprint density at radius 1 is 1.12 bits per heavy atom. The molecule has 7 nitrogen and oxygen atoms in total. The number of hydrogen-bond donors (Lipinski definition) is 0. The molecule has 3 heterocycles. The van der Waals surface area contributed by atoms with Crippen LogP contribution in [0.5, 0.6) is 0 Å². The zero-order valence-electron chi connectivity index (χ0n) is 18.3. The number of amides is 1. The zero-order chi connectivity index (χ0) is 24.5. The molecule has 2 aromatic heterocycles. The van der Waals surface area contributed by atoms with E-state index in [0.29, 0.717) is 24.2 Å². The van der Waals surface area contributed by atoms with Crippen molar-refractivity contribution in [2.75, 3.05) is 13.1 Å². The maximum Gasteiger partial charge on any atom is 0.416 e. The number of halogens is 3. The molecule has 4 rings (SSSR count). The first-order valence-corrected chi connectivity index (χ1v) is 10.7. The summed E-state index contributed by atoms with van der Waals surface area (Å²) in [6, 6.07) is 8.98. The van der Waals surface area contributed by atoms with E-state index in [1.807, 2.05) is 13.0 Å². The molecule has 0 N–H and O–H groups in total. The largest absolute Gasteiger partial charge is 0.459 e. The van der Waals surface area contributed by atoms with Crippen LogP contribution in [0, 0.1) is 12.8 Å². The fourth-order valence-corrected chi connectivity index (χ4v) is 3.95. The molecule has 1 aliphatic heterocycles. The number of likely N-dealkylation sites (tertiary alicyclic amines) is 1. The van der Waals surface area contributed by atoms with E-state index < -0.39 is 23.6 Å². The van der Waals surface area contributed by atoms with Gasteiger partial charge >= 0.3 is 12.1 Å². The smallest absolute Gasteiger partial charge is 0.416 e. The Hall–Kier alpha value is -3.69. The maximum absolute atomic E-state index is 12.7. The number of carbonyl (C=O) groups is 2. The lowest BCUT2D eigenvalue weighted by molar-refractivity contribution is -0.151. The molecule has 10 heteroatoms. The van der Waals surface area contributed by atoms with Gasteiger partial charge in [-0.25, -0.2) is 4.98 Å². The van der Waals surface area contributed by atoms with Gasteiger partial charge in [0, 0.05) is 30.9 Å². The van der Waals surface area contributed by atoms with Gasteiger partial charge in [0.05, 0.1) is 17.2 Å². The van der Waals surface area contributed by atoms with Crippen LogP contribution in [0.2, 0.25) is 0 Å². The number of alkyl halides is 3. The van der Waals surface area contributed by atoms with Gasteiger partial charge in [-0.15, -0.1) is 0 Å². The molecule has 1 aliphatic rings. The molecule has 0 spiro atoms. The van der Waals surface area contributed by atoms with Crippen molar-refractivity contribution in [1.29, 1.82) is 0 Å². The fourth-order valence-electron chi connectivity index (χ4n) is 3.95. The molecule has 0 radical (unpaired) electrons. The lowest BCUT2D eigenvalue weighted by Crippen LogP contribution is -2.40. The Bertz CT molecular complexity index is 1280. The van der Waals surface area contributed by atoms with E-state index in [-0.39, 0.29) is 36.7 Å². The Morgan fingerprint density at radius 2 is 1.79 bits per heavy atom. The van der Waals surface area contributed by atoms with E-state index >= 15 is 0 Å². The Kier molecular flexibility index (Phi) is 6.41. The molecule has 1 aromatic carbocycles. The number of pyridine rings is 1. The molecule has 1 fully saturated rings. The van der Waals surface area contributed by atoms with Crippen LogP contribution in [0.1, 0.15) is 40.0 Å². The molecule has 34 heavy (non-hydrogen) atoms. The van der Waals surface area contributed by atoms with Crippen LogP contribution in [0.25, 0.3) is 5.65 Å². The second-order valence-electron chi connectivity index (χ2n) is 8.22. The molecule has 1 saturated heterocycles. The van der Waals surface area contributed by atoms with Gasteiger partial charge in [0.15, 0.2) is 0 Å². The molecule has 178 valence electrons. The van der Waals surface area contributed by atoms with E-state index in [0.717, 1.165) is 29.8 Å². The quantitative estimate of drug-likeness (QED) is 0.541. The Labute approximate surface area is 192 Å². The van der Waals surface area contributed by atoms with Crippen molar-refractivity contribution in [3.63, 3.8) is 0 Å². The van der Waals surface area contributed by atoms with Crippen LogP contribution < -0.4 is 5.56 Å². The molecule has 0 saturated carbocycles. The number of ether oxygens (including phenoxy) is 1. The van der Waals surface area contributed by atoms with Crippen LogP contribution in [0.4, 0.5) is 13.2 Å².